The van der Waals surface area contributed by atoms with Crippen LogP contribution in [-0.4, -0.2) is 29.8 Å². The molecule has 0 spiro atoms. The molecule has 1 aromatic heterocycles. The number of fused-ring (bicyclic) bond motifs is 1. The summed E-state index contributed by atoms with van der Waals surface area (Å²) in [4.78, 5) is 18.5. The number of aromatic nitrogens is 1. The van der Waals surface area contributed by atoms with Crippen LogP contribution in [0.3, 0.4) is 0 Å². The molecule has 1 aromatic carbocycles. The lowest BCUT2D eigenvalue weighted by molar-refractivity contribution is 0.174. The predicted octanol–water partition coefficient (Wildman–Crippen LogP) is 3.27. The number of benzene rings is 1. The monoisotopic (exact) mass is 327 g/mol. The van der Waals surface area contributed by atoms with Gasteiger partial charge in [-0.2, -0.15) is 0 Å². The second-order valence-corrected chi connectivity index (χ2v) is 5.83. The van der Waals surface area contributed by atoms with Crippen LogP contribution >= 0.6 is 0 Å². The molecule has 2 heterocycles. The minimum Gasteiger partial charge on any atom is -0.454 e. The van der Waals surface area contributed by atoms with E-state index in [4.69, 9.17) is 9.47 Å². The van der Waals surface area contributed by atoms with Crippen molar-refractivity contribution in [1.82, 2.24) is 15.2 Å². The summed E-state index contributed by atoms with van der Waals surface area (Å²) >= 11 is 0. The van der Waals surface area contributed by atoms with Gasteiger partial charge in [-0.15, -0.1) is 0 Å². The number of hydrogen-bond donors (Lipinski definition) is 1. The molecule has 6 nitrogen and oxygen atoms in total. The van der Waals surface area contributed by atoms with Gasteiger partial charge < -0.3 is 19.7 Å². The van der Waals surface area contributed by atoms with Gasteiger partial charge in [0.05, 0.1) is 17.8 Å². The molecule has 0 saturated heterocycles. The van der Waals surface area contributed by atoms with Crippen molar-refractivity contribution in [3.05, 3.63) is 53.9 Å². The molecule has 2 aromatic rings. The number of carbonyl (C=O) groups is 1. The van der Waals surface area contributed by atoms with Gasteiger partial charge in [0.2, 0.25) is 6.79 Å². The minimum atomic E-state index is -0.154. The summed E-state index contributed by atoms with van der Waals surface area (Å²) in [7, 11) is 1.76. The number of nitrogens with one attached hydrogen (secondary N) is 1. The molecule has 2 atom stereocenters. The number of rotatable bonds is 4. The van der Waals surface area contributed by atoms with E-state index in [0.29, 0.717) is 5.75 Å². The highest BCUT2D eigenvalue weighted by molar-refractivity contribution is 5.75. The maximum Gasteiger partial charge on any atom is 0.318 e. The van der Waals surface area contributed by atoms with Crippen LogP contribution in [0.5, 0.6) is 11.5 Å². The molecular formula is C18H21N3O3. The smallest absolute Gasteiger partial charge is 0.318 e. The summed E-state index contributed by atoms with van der Waals surface area (Å²) in [6, 6.07) is 11.0. The first-order chi connectivity index (χ1) is 11.6. The lowest BCUT2D eigenvalue weighted by Crippen LogP contribution is -2.40. The van der Waals surface area contributed by atoms with E-state index in [2.05, 4.69) is 10.3 Å². The summed E-state index contributed by atoms with van der Waals surface area (Å²) in [5.74, 6) is 1.45. The van der Waals surface area contributed by atoms with E-state index in [1.54, 1.807) is 18.1 Å². The largest absolute Gasteiger partial charge is 0.454 e. The number of hydrogen-bond acceptors (Lipinski definition) is 4. The van der Waals surface area contributed by atoms with Crippen molar-refractivity contribution in [3.63, 3.8) is 0 Å². The van der Waals surface area contributed by atoms with E-state index < -0.39 is 0 Å². The molecule has 1 aliphatic rings. The molecule has 0 radical (unpaired) electrons. The van der Waals surface area contributed by atoms with Crippen LogP contribution in [0.25, 0.3) is 0 Å². The van der Waals surface area contributed by atoms with E-state index in [1.807, 2.05) is 50.2 Å². The molecule has 6 heteroatoms. The minimum absolute atomic E-state index is 0.116. The highest BCUT2D eigenvalue weighted by Gasteiger charge is 2.21. The summed E-state index contributed by atoms with van der Waals surface area (Å²) in [5, 5.41) is 3.00. The molecule has 0 saturated carbocycles. The molecule has 2 amide bonds. The SMILES string of the molecule is C[C@H](NC(=O)N(C)[C@@H](C)c1ccccn1)c1ccc2c(c1)OCO2. The third-order valence-electron chi connectivity index (χ3n) is 4.25. The van der Waals surface area contributed by atoms with Crippen molar-refractivity contribution in [2.24, 2.45) is 0 Å². The average molecular weight is 327 g/mol. The van der Waals surface area contributed by atoms with Gasteiger partial charge in [-0.1, -0.05) is 12.1 Å². The Morgan fingerprint density at radius 3 is 2.75 bits per heavy atom. The third-order valence-corrected chi connectivity index (χ3v) is 4.25. The Kier molecular flexibility index (Phi) is 4.55. The van der Waals surface area contributed by atoms with Gasteiger partial charge >= 0.3 is 6.03 Å². The molecule has 1 N–H and O–H groups in total. The quantitative estimate of drug-likeness (QED) is 0.936. The first-order valence-electron chi connectivity index (χ1n) is 7.90. The van der Waals surface area contributed by atoms with Crippen molar-refractivity contribution < 1.29 is 14.3 Å². The zero-order chi connectivity index (χ0) is 17.1. The van der Waals surface area contributed by atoms with Crippen molar-refractivity contribution in [3.8, 4) is 11.5 Å². The zero-order valence-corrected chi connectivity index (χ0v) is 14.0. The first kappa shape index (κ1) is 16.1. The van der Waals surface area contributed by atoms with Crippen LogP contribution in [0.15, 0.2) is 42.6 Å². The van der Waals surface area contributed by atoms with Crippen LogP contribution in [0.1, 0.15) is 37.2 Å². The van der Waals surface area contributed by atoms with Crippen LogP contribution in [0.2, 0.25) is 0 Å². The van der Waals surface area contributed by atoms with Crippen molar-refractivity contribution in [2.75, 3.05) is 13.8 Å². The van der Waals surface area contributed by atoms with Gasteiger partial charge in [-0.05, 0) is 43.7 Å². The molecule has 0 unspecified atom stereocenters. The predicted molar refractivity (Wildman–Crippen MR) is 89.9 cm³/mol. The van der Waals surface area contributed by atoms with Crippen LogP contribution in [-0.2, 0) is 0 Å². The standard InChI is InChI=1S/C18H21N3O3/c1-12(14-7-8-16-17(10-14)24-11-23-16)20-18(22)21(3)13(2)15-6-4-5-9-19-15/h4-10,12-13H,11H2,1-3H3,(H,20,22)/t12-,13-/m0/s1. The number of urea groups is 1. The molecule has 0 fully saturated rings. The van der Waals surface area contributed by atoms with Gasteiger partial charge in [0.1, 0.15) is 0 Å². The molecular weight excluding hydrogens is 306 g/mol. The second-order valence-electron chi connectivity index (χ2n) is 5.83. The fourth-order valence-corrected chi connectivity index (χ4v) is 2.55. The Labute approximate surface area is 141 Å². The van der Waals surface area contributed by atoms with E-state index in [9.17, 15) is 4.79 Å². The molecule has 24 heavy (non-hydrogen) atoms. The molecule has 1 aliphatic heterocycles. The fourth-order valence-electron chi connectivity index (χ4n) is 2.55. The topological polar surface area (TPSA) is 63.7 Å². The van der Waals surface area contributed by atoms with Gasteiger partial charge in [0, 0.05) is 13.2 Å². The Morgan fingerprint density at radius 1 is 1.21 bits per heavy atom. The Bertz CT molecular complexity index is 721. The molecule has 3 rings (SSSR count). The zero-order valence-electron chi connectivity index (χ0n) is 14.0. The van der Waals surface area contributed by atoms with Gasteiger partial charge in [0.25, 0.3) is 0 Å². The summed E-state index contributed by atoms with van der Waals surface area (Å²) in [6.07, 6.45) is 1.73. The number of ether oxygens (including phenoxy) is 2. The maximum absolute atomic E-state index is 12.5. The summed E-state index contributed by atoms with van der Waals surface area (Å²) < 4.78 is 10.7. The molecule has 126 valence electrons. The lowest BCUT2D eigenvalue weighted by Gasteiger charge is -2.26. The Morgan fingerprint density at radius 2 is 2.00 bits per heavy atom. The van der Waals surface area contributed by atoms with Crippen LogP contribution in [0, 0.1) is 0 Å². The van der Waals surface area contributed by atoms with Gasteiger partial charge in [0.15, 0.2) is 11.5 Å². The Hall–Kier alpha value is -2.76. The second kappa shape index (κ2) is 6.78. The van der Waals surface area contributed by atoms with Crippen LogP contribution < -0.4 is 14.8 Å². The number of pyridine rings is 1. The fraction of sp³-hybridized carbons (Fsp3) is 0.333. The maximum atomic E-state index is 12.5. The number of nitrogens with zero attached hydrogens (tertiary/aromatic N) is 2. The van der Waals surface area contributed by atoms with E-state index in [-0.39, 0.29) is 24.9 Å². The van der Waals surface area contributed by atoms with Crippen molar-refractivity contribution in [1.29, 1.82) is 0 Å². The normalized spacial score (nSPS) is 14.8. The highest BCUT2D eigenvalue weighted by atomic mass is 16.7. The molecule has 0 bridgehead atoms. The number of amides is 2. The molecule has 0 aliphatic carbocycles. The van der Waals surface area contributed by atoms with Crippen molar-refractivity contribution in [2.45, 2.75) is 25.9 Å². The van der Waals surface area contributed by atoms with Crippen LogP contribution in [0.4, 0.5) is 4.79 Å². The number of carbonyl (C=O) groups excluding carboxylic acids is 1. The summed E-state index contributed by atoms with van der Waals surface area (Å²) in [5.41, 5.74) is 1.82. The highest BCUT2D eigenvalue weighted by Crippen LogP contribution is 2.34. The summed E-state index contributed by atoms with van der Waals surface area (Å²) in [6.45, 7) is 4.13. The third kappa shape index (κ3) is 3.27. The first-order valence-corrected chi connectivity index (χ1v) is 7.90. The van der Waals surface area contributed by atoms with E-state index in [1.165, 1.54) is 0 Å². The average Bonchev–Trinajstić information content (AvgIpc) is 3.08. The Balaban J connectivity index is 1.65. The lowest BCUT2D eigenvalue weighted by atomic mass is 10.1. The van der Waals surface area contributed by atoms with E-state index >= 15 is 0 Å². The van der Waals surface area contributed by atoms with Gasteiger partial charge in [-0.25, -0.2) is 4.79 Å². The van der Waals surface area contributed by atoms with Gasteiger partial charge in [-0.3, -0.25) is 4.98 Å². The van der Waals surface area contributed by atoms with E-state index in [0.717, 1.165) is 17.0 Å². The van der Waals surface area contributed by atoms with Crippen molar-refractivity contribution >= 4 is 6.03 Å².